The second-order valence-corrected chi connectivity index (χ2v) is 9.17. The molecular weight excluding hydrogens is 366 g/mol. The van der Waals surface area contributed by atoms with E-state index in [1.54, 1.807) is 4.90 Å². The van der Waals surface area contributed by atoms with Crippen LogP contribution in [0.2, 0.25) is 0 Å². The van der Waals surface area contributed by atoms with E-state index in [9.17, 15) is 14.4 Å². The van der Waals surface area contributed by atoms with E-state index in [4.69, 9.17) is 0 Å². The van der Waals surface area contributed by atoms with Gasteiger partial charge in [0.1, 0.15) is 5.54 Å². The van der Waals surface area contributed by atoms with Crippen molar-refractivity contribution in [2.75, 3.05) is 26.2 Å². The molecule has 0 saturated carbocycles. The van der Waals surface area contributed by atoms with Crippen LogP contribution in [-0.2, 0) is 16.0 Å². The standard InChI is InChI=1S/C23H33N3O3/c1-17(2)15-25-21(28)23(26(22(25)29)16-18(3)4)10-12-24(13-11-23)20(27)14-19-8-6-5-7-9-19/h5-9,17-18H,10-16H2,1-4H3. The first-order chi connectivity index (χ1) is 13.7. The lowest BCUT2D eigenvalue weighted by atomic mass is 9.85. The smallest absolute Gasteiger partial charge is 0.327 e. The second-order valence-electron chi connectivity index (χ2n) is 9.17. The summed E-state index contributed by atoms with van der Waals surface area (Å²) in [6.07, 6.45) is 1.40. The molecule has 3 rings (SSSR count). The molecule has 2 saturated heterocycles. The van der Waals surface area contributed by atoms with E-state index < -0.39 is 5.54 Å². The second kappa shape index (κ2) is 8.56. The molecule has 0 atom stereocenters. The minimum Gasteiger partial charge on any atom is -0.342 e. The van der Waals surface area contributed by atoms with Crippen molar-refractivity contribution < 1.29 is 14.4 Å². The number of carbonyl (C=O) groups is 3. The number of benzene rings is 1. The van der Waals surface area contributed by atoms with Crippen LogP contribution in [0.5, 0.6) is 0 Å². The van der Waals surface area contributed by atoms with Gasteiger partial charge in [-0.15, -0.1) is 0 Å². The fourth-order valence-electron chi connectivity index (χ4n) is 4.42. The van der Waals surface area contributed by atoms with Crippen LogP contribution in [0, 0.1) is 11.8 Å². The van der Waals surface area contributed by atoms with Gasteiger partial charge in [0, 0.05) is 26.2 Å². The van der Waals surface area contributed by atoms with Gasteiger partial charge in [0.2, 0.25) is 5.91 Å². The summed E-state index contributed by atoms with van der Waals surface area (Å²) < 4.78 is 0. The maximum absolute atomic E-state index is 13.3. The molecule has 2 heterocycles. The Bertz CT molecular complexity index is 752. The maximum Gasteiger partial charge on any atom is 0.327 e. The van der Waals surface area contributed by atoms with Gasteiger partial charge in [0.25, 0.3) is 5.91 Å². The Morgan fingerprint density at radius 1 is 0.966 bits per heavy atom. The van der Waals surface area contributed by atoms with E-state index in [0.29, 0.717) is 45.4 Å². The lowest BCUT2D eigenvalue weighted by Crippen LogP contribution is -2.58. The highest BCUT2D eigenvalue weighted by Gasteiger charge is 2.58. The van der Waals surface area contributed by atoms with Crippen LogP contribution in [0.3, 0.4) is 0 Å². The van der Waals surface area contributed by atoms with Gasteiger partial charge in [0.05, 0.1) is 6.42 Å². The molecule has 1 spiro atoms. The third-order valence-corrected chi connectivity index (χ3v) is 5.86. The Hall–Kier alpha value is -2.37. The number of imide groups is 1. The number of urea groups is 1. The molecule has 6 heteroatoms. The number of nitrogens with zero attached hydrogens (tertiary/aromatic N) is 3. The molecule has 2 fully saturated rings. The lowest BCUT2D eigenvalue weighted by Gasteiger charge is -2.42. The SMILES string of the molecule is CC(C)CN1C(=O)N(CC(C)C)C2(CCN(C(=O)Cc3ccccc3)CC2)C1=O. The molecule has 0 aliphatic carbocycles. The van der Waals surface area contributed by atoms with Crippen LogP contribution in [0.15, 0.2) is 30.3 Å². The number of hydrogen-bond donors (Lipinski definition) is 0. The summed E-state index contributed by atoms with van der Waals surface area (Å²) >= 11 is 0. The molecule has 0 N–H and O–H groups in total. The Morgan fingerprint density at radius 3 is 2.10 bits per heavy atom. The van der Waals surface area contributed by atoms with Crippen LogP contribution in [-0.4, -0.2) is 64.3 Å². The zero-order chi connectivity index (χ0) is 21.2. The Balaban J connectivity index is 1.74. The van der Waals surface area contributed by atoms with E-state index in [2.05, 4.69) is 13.8 Å². The van der Waals surface area contributed by atoms with Gasteiger partial charge in [-0.3, -0.25) is 14.5 Å². The summed E-state index contributed by atoms with van der Waals surface area (Å²) in [6.45, 7) is 10.2. The van der Waals surface area contributed by atoms with Crippen molar-refractivity contribution in [1.29, 1.82) is 0 Å². The molecule has 6 nitrogen and oxygen atoms in total. The molecular formula is C23H33N3O3. The topological polar surface area (TPSA) is 60.9 Å². The maximum atomic E-state index is 13.3. The zero-order valence-corrected chi connectivity index (χ0v) is 18.1. The van der Waals surface area contributed by atoms with Crippen molar-refractivity contribution in [2.24, 2.45) is 11.8 Å². The zero-order valence-electron chi connectivity index (χ0n) is 18.1. The molecule has 0 unspecified atom stereocenters. The number of carbonyl (C=O) groups excluding carboxylic acids is 3. The van der Waals surface area contributed by atoms with Crippen LogP contribution in [0.4, 0.5) is 4.79 Å². The van der Waals surface area contributed by atoms with Crippen molar-refractivity contribution >= 4 is 17.8 Å². The van der Waals surface area contributed by atoms with Gasteiger partial charge in [-0.05, 0) is 30.2 Å². The average molecular weight is 400 g/mol. The monoisotopic (exact) mass is 399 g/mol. The highest BCUT2D eigenvalue weighted by atomic mass is 16.2. The minimum absolute atomic E-state index is 0.0768. The quantitative estimate of drug-likeness (QED) is 0.691. The number of rotatable bonds is 6. The van der Waals surface area contributed by atoms with Crippen molar-refractivity contribution in [3.05, 3.63) is 35.9 Å². The predicted molar refractivity (Wildman–Crippen MR) is 112 cm³/mol. The summed E-state index contributed by atoms with van der Waals surface area (Å²) in [5.41, 5.74) is 0.203. The molecule has 29 heavy (non-hydrogen) atoms. The van der Waals surface area contributed by atoms with Crippen molar-refractivity contribution in [3.63, 3.8) is 0 Å². The summed E-state index contributed by atoms with van der Waals surface area (Å²) in [7, 11) is 0. The highest BCUT2D eigenvalue weighted by molar-refractivity contribution is 6.07. The Labute approximate surface area is 173 Å². The van der Waals surface area contributed by atoms with Gasteiger partial charge in [-0.2, -0.15) is 0 Å². The number of likely N-dealkylation sites (tertiary alicyclic amines) is 1. The first-order valence-electron chi connectivity index (χ1n) is 10.7. The normalized spacial score (nSPS) is 19.2. The van der Waals surface area contributed by atoms with E-state index in [0.717, 1.165) is 5.56 Å². The predicted octanol–water partition coefficient (Wildman–Crippen LogP) is 3.17. The summed E-state index contributed by atoms with van der Waals surface area (Å²) in [4.78, 5) is 44.2. The van der Waals surface area contributed by atoms with Crippen LogP contribution in [0.1, 0.15) is 46.1 Å². The van der Waals surface area contributed by atoms with Crippen molar-refractivity contribution in [2.45, 2.75) is 52.5 Å². The number of amides is 4. The average Bonchev–Trinajstić information content (AvgIpc) is 2.85. The lowest BCUT2D eigenvalue weighted by molar-refractivity contribution is -0.141. The Kier molecular flexibility index (Phi) is 6.30. The molecule has 1 aromatic rings. The van der Waals surface area contributed by atoms with E-state index >= 15 is 0 Å². The van der Waals surface area contributed by atoms with Crippen LogP contribution < -0.4 is 0 Å². The van der Waals surface area contributed by atoms with Crippen molar-refractivity contribution in [1.82, 2.24) is 14.7 Å². The molecule has 0 bridgehead atoms. The van der Waals surface area contributed by atoms with Gasteiger partial charge < -0.3 is 9.80 Å². The van der Waals surface area contributed by atoms with Crippen LogP contribution in [0.25, 0.3) is 0 Å². The minimum atomic E-state index is -0.792. The summed E-state index contributed by atoms with van der Waals surface area (Å²) in [5, 5.41) is 0. The van der Waals surface area contributed by atoms with Gasteiger partial charge in [0.15, 0.2) is 0 Å². The number of piperidine rings is 1. The third-order valence-electron chi connectivity index (χ3n) is 5.86. The van der Waals surface area contributed by atoms with Crippen LogP contribution >= 0.6 is 0 Å². The highest BCUT2D eigenvalue weighted by Crippen LogP contribution is 2.38. The van der Waals surface area contributed by atoms with E-state index in [1.807, 2.05) is 49.1 Å². The largest absolute Gasteiger partial charge is 0.342 e. The number of hydrogen-bond acceptors (Lipinski definition) is 3. The van der Waals surface area contributed by atoms with Crippen molar-refractivity contribution in [3.8, 4) is 0 Å². The molecule has 2 aliphatic rings. The fraction of sp³-hybridized carbons (Fsp3) is 0.609. The first-order valence-corrected chi connectivity index (χ1v) is 10.7. The van der Waals surface area contributed by atoms with E-state index in [1.165, 1.54) is 4.90 Å². The van der Waals surface area contributed by atoms with Gasteiger partial charge in [-0.25, -0.2) is 4.79 Å². The molecule has 158 valence electrons. The molecule has 1 aromatic carbocycles. The summed E-state index contributed by atoms with van der Waals surface area (Å²) in [5.74, 6) is 0.510. The van der Waals surface area contributed by atoms with E-state index in [-0.39, 0.29) is 29.7 Å². The first kappa shape index (κ1) is 21.3. The molecule has 4 amide bonds. The molecule has 0 radical (unpaired) electrons. The Morgan fingerprint density at radius 2 is 1.55 bits per heavy atom. The fourth-order valence-corrected chi connectivity index (χ4v) is 4.42. The van der Waals surface area contributed by atoms with Gasteiger partial charge >= 0.3 is 6.03 Å². The summed E-state index contributed by atoms with van der Waals surface area (Å²) in [6, 6.07) is 9.55. The third kappa shape index (κ3) is 4.31. The van der Waals surface area contributed by atoms with Gasteiger partial charge in [-0.1, -0.05) is 58.0 Å². The molecule has 2 aliphatic heterocycles. The molecule has 0 aromatic heterocycles.